The van der Waals surface area contributed by atoms with Crippen molar-refractivity contribution in [2.45, 2.75) is 19.3 Å². The maximum Gasteiger partial charge on any atom is 0.240 e. The van der Waals surface area contributed by atoms with E-state index in [4.69, 9.17) is 23.2 Å². The molecule has 1 aliphatic carbocycles. The van der Waals surface area contributed by atoms with Crippen LogP contribution in [0.15, 0.2) is 42.5 Å². The number of hydrogen-bond acceptors (Lipinski definition) is 2. The first kappa shape index (κ1) is 18.7. The molecule has 0 unspecified atom stereocenters. The summed E-state index contributed by atoms with van der Waals surface area (Å²) in [5.74, 6) is -0.998. The first-order valence-corrected chi connectivity index (χ1v) is 8.95. The van der Waals surface area contributed by atoms with E-state index in [1.807, 2.05) is 0 Å². The predicted octanol–water partition coefficient (Wildman–Crippen LogP) is 4.21. The van der Waals surface area contributed by atoms with E-state index < -0.39 is 5.41 Å². The summed E-state index contributed by atoms with van der Waals surface area (Å²) in [6.45, 7) is 0.372. The van der Waals surface area contributed by atoms with Crippen LogP contribution >= 0.6 is 23.2 Å². The number of halogens is 3. The Morgan fingerprint density at radius 1 is 1.04 bits per heavy atom. The smallest absolute Gasteiger partial charge is 0.240 e. The summed E-state index contributed by atoms with van der Waals surface area (Å²) in [4.78, 5) is 25.0. The monoisotopic (exact) mass is 394 g/mol. The maximum absolute atomic E-state index is 12.9. The predicted molar refractivity (Wildman–Crippen MR) is 99.9 cm³/mol. The summed E-state index contributed by atoms with van der Waals surface area (Å²) >= 11 is 12.0. The van der Waals surface area contributed by atoms with Gasteiger partial charge in [-0.25, -0.2) is 4.39 Å². The molecule has 0 aromatic heterocycles. The van der Waals surface area contributed by atoms with E-state index in [1.165, 1.54) is 12.1 Å². The Morgan fingerprint density at radius 3 is 2.38 bits per heavy atom. The Hall–Kier alpha value is -2.11. The van der Waals surface area contributed by atoms with Gasteiger partial charge in [0, 0.05) is 11.6 Å². The van der Waals surface area contributed by atoms with Crippen molar-refractivity contribution in [3.63, 3.8) is 0 Å². The van der Waals surface area contributed by atoms with Crippen LogP contribution in [0.4, 0.5) is 10.1 Å². The van der Waals surface area contributed by atoms with Gasteiger partial charge in [-0.15, -0.1) is 0 Å². The Kier molecular flexibility index (Phi) is 5.49. The van der Waals surface area contributed by atoms with E-state index in [1.54, 1.807) is 30.3 Å². The van der Waals surface area contributed by atoms with Gasteiger partial charge in [0.15, 0.2) is 0 Å². The van der Waals surface area contributed by atoms with Crippen molar-refractivity contribution in [3.05, 3.63) is 63.9 Å². The molecular weight excluding hydrogens is 378 g/mol. The first-order chi connectivity index (χ1) is 12.4. The lowest BCUT2D eigenvalue weighted by Crippen LogP contribution is -2.40. The molecule has 0 bridgehead atoms. The molecule has 1 saturated carbocycles. The van der Waals surface area contributed by atoms with Crippen molar-refractivity contribution in [2.75, 3.05) is 11.9 Å². The van der Waals surface area contributed by atoms with Crippen LogP contribution < -0.4 is 10.6 Å². The van der Waals surface area contributed by atoms with Crippen LogP contribution in [0, 0.1) is 11.2 Å². The van der Waals surface area contributed by atoms with Crippen LogP contribution in [0.1, 0.15) is 18.4 Å². The van der Waals surface area contributed by atoms with E-state index in [0.29, 0.717) is 41.5 Å². The Morgan fingerprint density at radius 2 is 1.73 bits per heavy atom. The lowest BCUT2D eigenvalue weighted by Gasteiger charge is -2.16. The molecule has 4 nitrogen and oxygen atoms in total. The maximum atomic E-state index is 12.9. The summed E-state index contributed by atoms with van der Waals surface area (Å²) < 4.78 is 12.9. The number of carbonyl (C=O) groups is 2. The minimum Gasteiger partial charge on any atom is -0.355 e. The second-order valence-corrected chi connectivity index (χ2v) is 7.14. The molecule has 0 atom stereocenters. The van der Waals surface area contributed by atoms with Crippen molar-refractivity contribution < 1.29 is 14.0 Å². The Bertz CT molecular complexity index is 836. The van der Waals surface area contributed by atoms with Gasteiger partial charge < -0.3 is 10.6 Å². The van der Waals surface area contributed by atoms with Crippen molar-refractivity contribution >= 4 is 40.7 Å². The average molecular weight is 395 g/mol. The van der Waals surface area contributed by atoms with Crippen LogP contribution in [-0.2, 0) is 16.0 Å². The number of anilines is 1. The molecule has 0 aliphatic heterocycles. The molecule has 2 amide bonds. The van der Waals surface area contributed by atoms with Gasteiger partial charge >= 0.3 is 0 Å². The zero-order valence-electron chi connectivity index (χ0n) is 13.8. The fourth-order valence-corrected chi connectivity index (χ4v) is 3.00. The van der Waals surface area contributed by atoms with Crippen molar-refractivity contribution in [2.24, 2.45) is 5.41 Å². The van der Waals surface area contributed by atoms with E-state index in [0.717, 1.165) is 5.56 Å². The second kappa shape index (κ2) is 7.64. The zero-order chi connectivity index (χ0) is 18.7. The van der Waals surface area contributed by atoms with Crippen molar-refractivity contribution in [1.29, 1.82) is 0 Å². The molecular formula is C19H17Cl2FN2O2. The fourth-order valence-electron chi connectivity index (χ4n) is 2.66. The van der Waals surface area contributed by atoms with Gasteiger partial charge in [0.05, 0.1) is 10.7 Å². The number of carbonyl (C=O) groups excluding carboxylic acids is 2. The average Bonchev–Trinajstić information content (AvgIpc) is 3.42. The summed E-state index contributed by atoms with van der Waals surface area (Å²) in [5, 5.41) is 6.28. The second-order valence-electron chi connectivity index (χ2n) is 6.29. The van der Waals surface area contributed by atoms with E-state index in [-0.39, 0.29) is 17.6 Å². The normalized spacial score (nSPS) is 14.6. The van der Waals surface area contributed by atoms with Gasteiger partial charge in [-0.05, 0) is 55.2 Å². The van der Waals surface area contributed by atoms with Crippen LogP contribution in [0.3, 0.4) is 0 Å². The topological polar surface area (TPSA) is 58.2 Å². The molecule has 2 N–H and O–H groups in total. The highest BCUT2D eigenvalue weighted by molar-refractivity contribution is 6.36. The first-order valence-electron chi connectivity index (χ1n) is 8.20. The molecule has 0 radical (unpaired) electrons. The zero-order valence-corrected chi connectivity index (χ0v) is 15.3. The van der Waals surface area contributed by atoms with Crippen molar-refractivity contribution in [1.82, 2.24) is 5.32 Å². The van der Waals surface area contributed by atoms with Gasteiger partial charge in [0.25, 0.3) is 0 Å². The van der Waals surface area contributed by atoms with Gasteiger partial charge in [-0.1, -0.05) is 35.3 Å². The molecule has 0 spiro atoms. The fraction of sp³-hybridized carbons (Fsp3) is 0.263. The summed E-state index contributed by atoms with van der Waals surface area (Å²) in [7, 11) is 0. The largest absolute Gasteiger partial charge is 0.355 e. The number of nitrogens with one attached hydrogen (secondary N) is 2. The van der Waals surface area contributed by atoms with Gasteiger partial charge in [-0.2, -0.15) is 0 Å². The standard InChI is InChI=1S/C19H17Cl2FN2O2/c20-13-3-6-15(21)16(11-13)24-18(26)19(8-9-19)17(25)23-10-7-12-1-4-14(22)5-2-12/h1-6,11H,7-10H2,(H,23,25)(H,24,26). The third-order valence-corrected chi connectivity index (χ3v) is 4.97. The minimum absolute atomic E-state index is 0.300. The number of benzene rings is 2. The number of rotatable bonds is 6. The SMILES string of the molecule is O=C(NCCc1ccc(F)cc1)C1(C(=O)Nc2cc(Cl)ccc2Cl)CC1. The summed E-state index contributed by atoms with van der Waals surface area (Å²) in [6, 6.07) is 10.8. The highest BCUT2D eigenvalue weighted by Gasteiger charge is 2.56. The van der Waals surface area contributed by atoms with E-state index in [2.05, 4.69) is 10.6 Å². The molecule has 0 heterocycles. The summed E-state index contributed by atoms with van der Waals surface area (Å²) in [5.41, 5.74) is 0.232. The van der Waals surface area contributed by atoms with Gasteiger partial charge in [-0.3, -0.25) is 9.59 Å². The molecule has 2 aromatic rings. The van der Waals surface area contributed by atoms with Crippen LogP contribution in [0.2, 0.25) is 10.0 Å². The van der Waals surface area contributed by atoms with Crippen LogP contribution in [-0.4, -0.2) is 18.4 Å². The molecule has 2 aromatic carbocycles. The minimum atomic E-state index is -1.06. The lowest BCUT2D eigenvalue weighted by atomic mass is 10.0. The summed E-state index contributed by atoms with van der Waals surface area (Å²) in [6.07, 6.45) is 1.53. The molecule has 3 rings (SSSR count). The Labute approximate surface area is 160 Å². The van der Waals surface area contributed by atoms with E-state index in [9.17, 15) is 14.0 Å². The number of amides is 2. The van der Waals surface area contributed by atoms with Crippen LogP contribution in [0.25, 0.3) is 0 Å². The molecule has 1 fully saturated rings. The molecule has 7 heteroatoms. The van der Waals surface area contributed by atoms with Crippen molar-refractivity contribution in [3.8, 4) is 0 Å². The molecule has 1 aliphatic rings. The Balaban J connectivity index is 1.57. The highest BCUT2D eigenvalue weighted by Crippen LogP contribution is 2.47. The number of hydrogen-bond donors (Lipinski definition) is 2. The molecule has 0 saturated heterocycles. The van der Waals surface area contributed by atoms with E-state index >= 15 is 0 Å². The quantitative estimate of drug-likeness (QED) is 0.720. The third kappa shape index (κ3) is 4.17. The van der Waals surface area contributed by atoms with Gasteiger partial charge in [0.1, 0.15) is 11.2 Å². The third-order valence-electron chi connectivity index (χ3n) is 4.41. The highest BCUT2D eigenvalue weighted by atomic mass is 35.5. The lowest BCUT2D eigenvalue weighted by molar-refractivity contribution is -0.134. The molecule has 136 valence electrons. The molecule has 26 heavy (non-hydrogen) atoms. The van der Waals surface area contributed by atoms with Gasteiger partial charge in [0.2, 0.25) is 11.8 Å². The van der Waals surface area contributed by atoms with Crippen LogP contribution in [0.5, 0.6) is 0 Å².